The molecule has 0 bridgehead atoms. The minimum Gasteiger partial charge on any atom is -0.481 e. The number of nitrogens with one attached hydrogen (secondary N) is 1. The van der Waals surface area contributed by atoms with Crippen LogP contribution in [0.25, 0.3) is 6.08 Å². The van der Waals surface area contributed by atoms with Gasteiger partial charge in [0.2, 0.25) is 0 Å². The average molecular weight is 395 g/mol. The number of esters is 1. The van der Waals surface area contributed by atoms with Crippen LogP contribution in [0.5, 0.6) is 5.75 Å². The van der Waals surface area contributed by atoms with Gasteiger partial charge in [0, 0.05) is 16.6 Å². The molecular weight excluding hydrogens is 380 g/mol. The molecule has 1 fully saturated rings. The average Bonchev–Trinajstić information content (AvgIpc) is 2.81. The fraction of sp³-hybridized carbons (Fsp3) is 0.188. The number of halogens is 1. The number of carbonyl (C=O) groups is 3. The first-order valence-corrected chi connectivity index (χ1v) is 7.70. The molecule has 0 saturated carbocycles. The van der Waals surface area contributed by atoms with E-state index in [2.05, 4.69) is 32.6 Å². The molecule has 1 N–H and O–H groups in total. The maximum atomic E-state index is 12.2. The molecule has 1 heterocycles. The van der Waals surface area contributed by atoms with Crippen LogP contribution >= 0.6 is 15.9 Å². The Labute approximate surface area is 147 Å². The van der Waals surface area contributed by atoms with Gasteiger partial charge in [-0.2, -0.15) is 0 Å². The standard InChI is InChI=1S/C16H15BrN2O5/c1-3-6-19-15(21)12(18-16(19)22)8-10-7-11(17)4-5-13(10)24-9-14(20)23-2/h3-5,7-8H,1,6,9H2,2H3,(H,18,22)/b12-8+. The molecule has 0 spiro atoms. The van der Waals surface area contributed by atoms with E-state index < -0.39 is 17.9 Å². The van der Waals surface area contributed by atoms with Gasteiger partial charge < -0.3 is 14.8 Å². The minimum atomic E-state index is -0.529. The van der Waals surface area contributed by atoms with E-state index in [-0.39, 0.29) is 18.8 Å². The van der Waals surface area contributed by atoms with E-state index in [1.54, 1.807) is 18.2 Å². The van der Waals surface area contributed by atoms with Crippen LogP contribution in [0.2, 0.25) is 0 Å². The normalized spacial score (nSPS) is 15.4. The summed E-state index contributed by atoms with van der Waals surface area (Å²) in [6.07, 6.45) is 2.95. The number of imide groups is 1. The second-order valence-electron chi connectivity index (χ2n) is 4.74. The van der Waals surface area contributed by atoms with Crippen molar-refractivity contribution in [2.24, 2.45) is 0 Å². The molecule has 3 amide bonds. The predicted octanol–water partition coefficient (Wildman–Crippen LogP) is 2.08. The summed E-state index contributed by atoms with van der Waals surface area (Å²) >= 11 is 3.33. The van der Waals surface area contributed by atoms with Crippen molar-refractivity contribution in [1.29, 1.82) is 0 Å². The van der Waals surface area contributed by atoms with Gasteiger partial charge >= 0.3 is 12.0 Å². The summed E-state index contributed by atoms with van der Waals surface area (Å²) < 4.78 is 10.7. The summed E-state index contributed by atoms with van der Waals surface area (Å²) in [5.74, 6) is -0.613. The number of amides is 3. The number of hydrogen-bond acceptors (Lipinski definition) is 5. The summed E-state index contributed by atoms with van der Waals surface area (Å²) in [6, 6.07) is 4.56. The van der Waals surface area contributed by atoms with Crippen LogP contribution in [0.1, 0.15) is 5.56 Å². The quantitative estimate of drug-likeness (QED) is 0.345. The first-order valence-electron chi connectivity index (χ1n) is 6.91. The number of benzene rings is 1. The van der Waals surface area contributed by atoms with Crippen LogP contribution < -0.4 is 10.1 Å². The van der Waals surface area contributed by atoms with Crippen molar-refractivity contribution in [2.75, 3.05) is 20.3 Å². The van der Waals surface area contributed by atoms with Gasteiger partial charge in [-0.3, -0.25) is 9.69 Å². The van der Waals surface area contributed by atoms with Gasteiger partial charge in [0.1, 0.15) is 11.4 Å². The summed E-state index contributed by atoms with van der Waals surface area (Å²) in [7, 11) is 1.26. The number of urea groups is 1. The molecule has 0 atom stereocenters. The van der Waals surface area contributed by atoms with Gasteiger partial charge in [0.15, 0.2) is 6.61 Å². The first kappa shape index (κ1) is 17.7. The predicted molar refractivity (Wildman–Crippen MR) is 90.1 cm³/mol. The Morgan fingerprint density at radius 2 is 2.17 bits per heavy atom. The van der Waals surface area contributed by atoms with Gasteiger partial charge in [-0.05, 0) is 24.3 Å². The van der Waals surface area contributed by atoms with Gasteiger partial charge in [0.25, 0.3) is 5.91 Å². The Morgan fingerprint density at radius 1 is 1.42 bits per heavy atom. The van der Waals surface area contributed by atoms with E-state index in [4.69, 9.17) is 4.74 Å². The summed E-state index contributed by atoms with van der Waals surface area (Å²) in [6.45, 7) is 3.36. The molecule has 0 unspecified atom stereocenters. The Kier molecular flexibility index (Phi) is 5.75. The fourth-order valence-corrected chi connectivity index (χ4v) is 2.36. The zero-order chi connectivity index (χ0) is 17.7. The Morgan fingerprint density at radius 3 is 2.83 bits per heavy atom. The lowest BCUT2D eigenvalue weighted by atomic mass is 10.1. The van der Waals surface area contributed by atoms with E-state index in [1.165, 1.54) is 19.3 Å². The van der Waals surface area contributed by atoms with E-state index in [9.17, 15) is 14.4 Å². The molecule has 126 valence electrons. The molecule has 8 heteroatoms. The molecule has 0 aromatic heterocycles. The SMILES string of the molecule is C=CCN1C(=O)N/C(=C/c2cc(Br)ccc2OCC(=O)OC)C1=O. The maximum absolute atomic E-state index is 12.2. The summed E-state index contributed by atoms with van der Waals surface area (Å²) in [5, 5.41) is 2.50. The fourth-order valence-electron chi connectivity index (χ4n) is 1.98. The van der Waals surface area contributed by atoms with Crippen LogP contribution in [0.4, 0.5) is 4.79 Å². The molecule has 1 aliphatic rings. The van der Waals surface area contributed by atoms with E-state index in [0.717, 1.165) is 9.37 Å². The van der Waals surface area contributed by atoms with Gasteiger partial charge in [-0.25, -0.2) is 9.59 Å². The monoisotopic (exact) mass is 394 g/mol. The van der Waals surface area contributed by atoms with Crippen molar-refractivity contribution in [1.82, 2.24) is 10.2 Å². The molecule has 0 aliphatic carbocycles. The zero-order valence-corrected chi connectivity index (χ0v) is 14.5. The third-order valence-electron chi connectivity index (χ3n) is 3.12. The van der Waals surface area contributed by atoms with Crippen LogP contribution in [0.15, 0.2) is 41.0 Å². The van der Waals surface area contributed by atoms with E-state index >= 15 is 0 Å². The van der Waals surface area contributed by atoms with Crippen molar-refractivity contribution >= 4 is 39.9 Å². The number of ether oxygens (including phenoxy) is 2. The molecule has 24 heavy (non-hydrogen) atoms. The highest BCUT2D eigenvalue weighted by molar-refractivity contribution is 9.10. The molecular formula is C16H15BrN2O5. The van der Waals surface area contributed by atoms with Crippen molar-refractivity contribution in [3.8, 4) is 5.75 Å². The highest BCUT2D eigenvalue weighted by Gasteiger charge is 2.32. The lowest BCUT2D eigenvalue weighted by Crippen LogP contribution is -2.30. The highest BCUT2D eigenvalue weighted by Crippen LogP contribution is 2.26. The van der Waals surface area contributed by atoms with Gasteiger partial charge in [0.05, 0.1) is 7.11 Å². The number of hydrogen-bond donors (Lipinski definition) is 1. The third-order valence-corrected chi connectivity index (χ3v) is 3.61. The van der Waals surface area contributed by atoms with Crippen LogP contribution in [-0.4, -0.2) is 43.1 Å². The van der Waals surface area contributed by atoms with Crippen molar-refractivity contribution < 1.29 is 23.9 Å². The molecule has 7 nitrogen and oxygen atoms in total. The molecule has 1 aromatic carbocycles. The number of nitrogens with zero attached hydrogens (tertiary/aromatic N) is 1. The minimum absolute atomic E-state index is 0.114. The van der Waals surface area contributed by atoms with E-state index in [0.29, 0.717) is 11.3 Å². The molecule has 2 rings (SSSR count). The van der Waals surface area contributed by atoms with Gasteiger partial charge in [-0.15, -0.1) is 6.58 Å². The Bertz CT molecular complexity index is 729. The van der Waals surface area contributed by atoms with Gasteiger partial charge in [-0.1, -0.05) is 22.0 Å². The second-order valence-corrected chi connectivity index (χ2v) is 5.66. The summed E-state index contributed by atoms with van der Waals surface area (Å²) in [4.78, 5) is 36.3. The number of rotatable bonds is 6. The smallest absolute Gasteiger partial charge is 0.343 e. The lowest BCUT2D eigenvalue weighted by molar-refractivity contribution is -0.142. The Balaban J connectivity index is 2.29. The highest BCUT2D eigenvalue weighted by atomic mass is 79.9. The van der Waals surface area contributed by atoms with Crippen molar-refractivity contribution in [2.45, 2.75) is 0 Å². The molecule has 1 aliphatic heterocycles. The molecule has 0 radical (unpaired) electrons. The van der Waals surface area contributed by atoms with E-state index in [1.807, 2.05) is 0 Å². The third kappa shape index (κ3) is 4.02. The zero-order valence-electron chi connectivity index (χ0n) is 12.9. The molecule has 1 aromatic rings. The number of methoxy groups -OCH3 is 1. The van der Waals surface area contributed by atoms with Crippen molar-refractivity contribution in [3.63, 3.8) is 0 Å². The number of carbonyl (C=O) groups excluding carboxylic acids is 3. The maximum Gasteiger partial charge on any atom is 0.343 e. The van der Waals surface area contributed by atoms with Crippen molar-refractivity contribution in [3.05, 3.63) is 46.6 Å². The largest absolute Gasteiger partial charge is 0.481 e. The lowest BCUT2D eigenvalue weighted by Gasteiger charge is -2.09. The topological polar surface area (TPSA) is 84.9 Å². The van der Waals surface area contributed by atoms with Crippen LogP contribution in [-0.2, 0) is 14.3 Å². The van der Waals surface area contributed by atoms with Crippen LogP contribution in [0, 0.1) is 0 Å². The Hall–Kier alpha value is -2.61. The molecule has 1 saturated heterocycles. The van der Waals surface area contributed by atoms with Crippen LogP contribution in [0.3, 0.4) is 0 Å². The second kappa shape index (κ2) is 7.78. The first-order chi connectivity index (χ1) is 11.5. The summed E-state index contributed by atoms with van der Waals surface area (Å²) in [5.41, 5.74) is 0.639.